The molecule has 2 unspecified atom stereocenters. The first-order chi connectivity index (χ1) is 15.1. The van der Waals surface area contributed by atoms with E-state index in [0.717, 1.165) is 57.4 Å². The molecule has 172 valence electrons. The van der Waals surface area contributed by atoms with Crippen molar-refractivity contribution < 1.29 is 13.7 Å². The number of carbonyl (C=O) groups is 1. The van der Waals surface area contributed by atoms with E-state index in [-0.39, 0.29) is 23.2 Å². The van der Waals surface area contributed by atoms with Gasteiger partial charge in [0, 0.05) is 43.8 Å². The Hall–Kier alpha value is -1.50. The summed E-state index contributed by atoms with van der Waals surface area (Å²) in [5.74, 6) is 2.26. The van der Waals surface area contributed by atoms with Gasteiger partial charge in [-0.2, -0.15) is 4.98 Å². The van der Waals surface area contributed by atoms with E-state index in [4.69, 9.17) is 9.51 Å². The summed E-state index contributed by atoms with van der Waals surface area (Å²) in [5, 5.41) is 7.53. The Morgan fingerprint density at radius 1 is 1.03 bits per heavy atom. The van der Waals surface area contributed by atoms with Gasteiger partial charge in [0.15, 0.2) is 12.1 Å². The highest BCUT2D eigenvalue weighted by Gasteiger charge is 2.46. The van der Waals surface area contributed by atoms with Crippen LogP contribution >= 0.6 is 0 Å². The van der Waals surface area contributed by atoms with Gasteiger partial charge in [-0.3, -0.25) is 10.1 Å². The second kappa shape index (κ2) is 9.16. The molecule has 2 saturated heterocycles. The zero-order valence-electron chi connectivity index (χ0n) is 18.7. The molecular formula is C24H37FN4O2. The molecule has 5 rings (SSSR count). The fraction of sp³-hybridized carbons (Fsp3) is 0.875. The first-order valence-corrected chi connectivity index (χ1v) is 12.6. The molecule has 7 heteroatoms. The van der Waals surface area contributed by atoms with Gasteiger partial charge in [0.25, 0.3) is 0 Å². The molecule has 1 N–H and O–H groups in total. The highest BCUT2D eigenvalue weighted by Crippen LogP contribution is 2.49. The van der Waals surface area contributed by atoms with Gasteiger partial charge in [-0.25, -0.2) is 4.39 Å². The normalized spacial score (nSPS) is 30.5. The van der Waals surface area contributed by atoms with Crippen molar-refractivity contribution in [2.75, 3.05) is 19.6 Å². The minimum atomic E-state index is -0.998. The lowest BCUT2D eigenvalue weighted by Crippen LogP contribution is -2.49. The quantitative estimate of drug-likeness (QED) is 0.702. The fourth-order valence-corrected chi connectivity index (χ4v) is 6.16. The molecule has 4 fully saturated rings. The second-order valence-corrected chi connectivity index (χ2v) is 10.5. The van der Waals surface area contributed by atoms with Gasteiger partial charge in [0.2, 0.25) is 11.8 Å². The molecule has 3 heterocycles. The van der Waals surface area contributed by atoms with Crippen LogP contribution in [0.15, 0.2) is 4.52 Å². The van der Waals surface area contributed by atoms with E-state index < -0.39 is 6.30 Å². The lowest BCUT2D eigenvalue weighted by molar-refractivity contribution is -0.133. The summed E-state index contributed by atoms with van der Waals surface area (Å²) in [4.78, 5) is 19.2. The van der Waals surface area contributed by atoms with Crippen LogP contribution in [-0.2, 0) is 4.79 Å². The van der Waals surface area contributed by atoms with E-state index in [1.807, 2.05) is 4.90 Å². The standard InChI is InChI=1S/C24H37FN4O2/c25-20-15-19(24(16-26-20)11-5-3-1-2-4-6-12-24)21-27-22(31-28-21)17-9-13-29(14-10-17)23(30)18-7-8-18/h17-20,26H,1-16H2. The molecule has 6 nitrogen and oxygen atoms in total. The van der Waals surface area contributed by atoms with Crippen molar-refractivity contribution in [3.05, 3.63) is 11.7 Å². The number of hydrogen-bond donors (Lipinski definition) is 1. The lowest BCUT2D eigenvalue weighted by atomic mass is 9.65. The lowest BCUT2D eigenvalue weighted by Gasteiger charge is -2.44. The SMILES string of the molecule is O=C(C1CC1)N1CCC(c2nc(C3CC(F)NCC34CCCCCCCC4)no2)CC1. The summed E-state index contributed by atoms with van der Waals surface area (Å²) in [7, 11) is 0. The van der Waals surface area contributed by atoms with Crippen molar-refractivity contribution in [1.29, 1.82) is 0 Å². The van der Waals surface area contributed by atoms with E-state index in [0.29, 0.717) is 24.8 Å². The third-order valence-electron chi connectivity index (χ3n) is 8.31. The molecule has 31 heavy (non-hydrogen) atoms. The summed E-state index contributed by atoms with van der Waals surface area (Å²) >= 11 is 0. The predicted octanol–water partition coefficient (Wildman–Crippen LogP) is 4.68. The number of halogens is 1. The van der Waals surface area contributed by atoms with Crippen molar-refractivity contribution in [2.45, 2.75) is 102 Å². The van der Waals surface area contributed by atoms with Crippen molar-refractivity contribution in [1.82, 2.24) is 20.4 Å². The fourth-order valence-electron chi connectivity index (χ4n) is 6.16. The molecule has 2 saturated carbocycles. The Labute approximate surface area is 184 Å². The number of likely N-dealkylation sites (tertiary alicyclic amines) is 1. The van der Waals surface area contributed by atoms with Crippen LogP contribution in [0.4, 0.5) is 4.39 Å². The molecule has 0 radical (unpaired) electrons. The maximum Gasteiger partial charge on any atom is 0.229 e. The number of hydrogen-bond acceptors (Lipinski definition) is 5. The van der Waals surface area contributed by atoms with Gasteiger partial charge < -0.3 is 9.42 Å². The molecule has 2 aliphatic carbocycles. The Morgan fingerprint density at radius 2 is 1.71 bits per heavy atom. The van der Waals surface area contributed by atoms with Crippen molar-refractivity contribution in [3.63, 3.8) is 0 Å². The maximum absolute atomic E-state index is 14.4. The number of amides is 1. The van der Waals surface area contributed by atoms with Crippen LogP contribution in [0.3, 0.4) is 0 Å². The highest BCUT2D eigenvalue weighted by molar-refractivity contribution is 5.81. The number of carbonyl (C=O) groups excluding carboxylic acids is 1. The zero-order chi connectivity index (χ0) is 21.3. The van der Waals surface area contributed by atoms with Gasteiger partial charge >= 0.3 is 0 Å². The maximum atomic E-state index is 14.4. The summed E-state index contributed by atoms with van der Waals surface area (Å²) < 4.78 is 20.2. The number of nitrogens with zero attached hydrogens (tertiary/aromatic N) is 3. The molecule has 1 spiro atoms. The Kier molecular flexibility index (Phi) is 6.31. The van der Waals surface area contributed by atoms with Crippen molar-refractivity contribution >= 4 is 5.91 Å². The molecule has 1 aromatic heterocycles. The Bertz CT molecular complexity index is 747. The number of aromatic nitrogens is 2. The third-order valence-corrected chi connectivity index (χ3v) is 8.31. The molecule has 0 aromatic carbocycles. The van der Waals surface area contributed by atoms with E-state index in [1.165, 1.54) is 38.5 Å². The monoisotopic (exact) mass is 432 g/mol. The minimum Gasteiger partial charge on any atom is -0.342 e. The van der Waals surface area contributed by atoms with Crippen molar-refractivity contribution in [3.8, 4) is 0 Å². The summed E-state index contributed by atoms with van der Waals surface area (Å²) in [6.07, 6.45) is 13.1. The van der Waals surface area contributed by atoms with Gasteiger partial charge in [0.1, 0.15) is 0 Å². The number of alkyl halides is 1. The summed E-state index contributed by atoms with van der Waals surface area (Å²) in [6, 6.07) is 0. The number of rotatable bonds is 3. The molecule has 4 aliphatic rings. The van der Waals surface area contributed by atoms with Crippen LogP contribution in [0.5, 0.6) is 0 Å². The topological polar surface area (TPSA) is 71.3 Å². The second-order valence-electron chi connectivity index (χ2n) is 10.5. The van der Waals surface area contributed by atoms with Gasteiger partial charge in [-0.05, 0) is 43.9 Å². The molecular weight excluding hydrogens is 395 g/mol. The highest BCUT2D eigenvalue weighted by atomic mass is 19.1. The van der Waals surface area contributed by atoms with Crippen LogP contribution < -0.4 is 5.32 Å². The molecule has 1 aromatic rings. The van der Waals surface area contributed by atoms with Gasteiger partial charge in [-0.15, -0.1) is 0 Å². The number of nitrogens with one attached hydrogen (secondary N) is 1. The minimum absolute atomic E-state index is 0.0240. The Balaban J connectivity index is 1.29. The van der Waals surface area contributed by atoms with Crippen LogP contribution in [0.25, 0.3) is 0 Å². The van der Waals surface area contributed by atoms with Crippen LogP contribution in [0, 0.1) is 11.3 Å². The van der Waals surface area contributed by atoms with Gasteiger partial charge in [0.05, 0.1) is 0 Å². The zero-order valence-corrected chi connectivity index (χ0v) is 18.7. The summed E-state index contributed by atoms with van der Waals surface area (Å²) in [6.45, 7) is 2.27. The molecule has 2 aliphatic heterocycles. The van der Waals surface area contributed by atoms with E-state index in [2.05, 4.69) is 10.5 Å². The Morgan fingerprint density at radius 3 is 2.39 bits per heavy atom. The number of piperidine rings is 2. The largest absolute Gasteiger partial charge is 0.342 e. The van der Waals surface area contributed by atoms with Crippen LogP contribution in [-0.4, -0.2) is 46.9 Å². The van der Waals surface area contributed by atoms with E-state index >= 15 is 0 Å². The van der Waals surface area contributed by atoms with E-state index in [9.17, 15) is 9.18 Å². The first kappa shape index (κ1) is 21.4. The smallest absolute Gasteiger partial charge is 0.229 e. The van der Waals surface area contributed by atoms with Crippen LogP contribution in [0.2, 0.25) is 0 Å². The predicted molar refractivity (Wildman–Crippen MR) is 115 cm³/mol. The van der Waals surface area contributed by atoms with Crippen LogP contribution in [0.1, 0.15) is 107 Å². The molecule has 0 bridgehead atoms. The van der Waals surface area contributed by atoms with E-state index in [1.54, 1.807) is 0 Å². The average molecular weight is 433 g/mol. The van der Waals surface area contributed by atoms with Gasteiger partial charge in [-0.1, -0.05) is 43.7 Å². The molecule has 2 atom stereocenters. The first-order valence-electron chi connectivity index (χ1n) is 12.6. The molecule has 1 amide bonds. The summed E-state index contributed by atoms with van der Waals surface area (Å²) in [5.41, 5.74) is 0.0358. The average Bonchev–Trinajstić information content (AvgIpc) is 3.50. The van der Waals surface area contributed by atoms with Crippen molar-refractivity contribution in [2.24, 2.45) is 11.3 Å². The third kappa shape index (κ3) is 4.67.